The molecule has 1 amide bonds. The lowest BCUT2D eigenvalue weighted by Crippen LogP contribution is -2.19. The molecule has 22 heavy (non-hydrogen) atoms. The zero-order chi connectivity index (χ0) is 15.4. The Morgan fingerprint density at radius 3 is 2.82 bits per heavy atom. The van der Waals surface area contributed by atoms with Gasteiger partial charge in [0.1, 0.15) is 5.82 Å². The molecule has 120 valence electrons. The summed E-state index contributed by atoms with van der Waals surface area (Å²) in [7, 11) is 0. The molecule has 5 heteroatoms. The summed E-state index contributed by atoms with van der Waals surface area (Å²) < 4.78 is 19.3. The van der Waals surface area contributed by atoms with E-state index < -0.39 is 0 Å². The summed E-state index contributed by atoms with van der Waals surface area (Å²) in [6.45, 7) is 2.71. The van der Waals surface area contributed by atoms with Crippen molar-refractivity contribution in [3.05, 3.63) is 24.0 Å². The standard InChI is InChI=1S/C17H23FN2O2/c18-13-10-14(12-15(11-13)20-7-1-2-8-20)19-17(21)6-5-16-4-3-9-22-16/h10-12,16H,1-9H2,(H,19,21)/t16-/m0/s1. The quantitative estimate of drug-likeness (QED) is 0.907. The SMILES string of the molecule is O=C(CC[C@@H]1CCCO1)Nc1cc(F)cc(N2CCCC2)c1. The van der Waals surface area contributed by atoms with Gasteiger partial charge in [-0.2, -0.15) is 0 Å². The molecule has 2 saturated heterocycles. The van der Waals surface area contributed by atoms with E-state index in [-0.39, 0.29) is 17.8 Å². The smallest absolute Gasteiger partial charge is 0.224 e. The molecule has 2 aliphatic heterocycles. The fraction of sp³-hybridized carbons (Fsp3) is 0.588. The minimum absolute atomic E-state index is 0.0755. The first-order valence-electron chi connectivity index (χ1n) is 8.18. The lowest BCUT2D eigenvalue weighted by molar-refractivity contribution is -0.116. The fourth-order valence-electron chi connectivity index (χ4n) is 3.19. The molecule has 1 aromatic carbocycles. The Kier molecular flexibility index (Phi) is 4.93. The van der Waals surface area contributed by atoms with Gasteiger partial charge in [0.05, 0.1) is 6.10 Å². The van der Waals surface area contributed by atoms with E-state index in [2.05, 4.69) is 10.2 Å². The van der Waals surface area contributed by atoms with Crippen molar-refractivity contribution in [1.82, 2.24) is 0 Å². The minimum atomic E-state index is -0.307. The number of nitrogens with zero attached hydrogens (tertiary/aromatic N) is 1. The van der Waals surface area contributed by atoms with Crippen LogP contribution in [0.25, 0.3) is 0 Å². The molecule has 3 rings (SSSR count). The maximum Gasteiger partial charge on any atom is 0.224 e. The van der Waals surface area contributed by atoms with Crippen LogP contribution < -0.4 is 10.2 Å². The van der Waals surface area contributed by atoms with Crippen LogP contribution in [0.1, 0.15) is 38.5 Å². The van der Waals surface area contributed by atoms with Gasteiger partial charge in [-0.15, -0.1) is 0 Å². The molecule has 1 aromatic rings. The number of amides is 1. The highest BCUT2D eigenvalue weighted by molar-refractivity contribution is 5.91. The largest absolute Gasteiger partial charge is 0.378 e. The highest BCUT2D eigenvalue weighted by atomic mass is 19.1. The monoisotopic (exact) mass is 306 g/mol. The van der Waals surface area contributed by atoms with Gasteiger partial charge in [-0.05, 0) is 50.3 Å². The summed E-state index contributed by atoms with van der Waals surface area (Å²) in [5.41, 5.74) is 1.39. The summed E-state index contributed by atoms with van der Waals surface area (Å²) in [6.07, 6.45) is 5.75. The third-order valence-electron chi connectivity index (χ3n) is 4.35. The normalized spacial score (nSPS) is 21.3. The van der Waals surface area contributed by atoms with Crippen molar-refractivity contribution in [2.45, 2.75) is 44.6 Å². The summed E-state index contributed by atoms with van der Waals surface area (Å²) in [5.74, 6) is -0.382. The molecule has 0 bridgehead atoms. The molecule has 0 unspecified atom stereocenters. The molecular formula is C17H23FN2O2. The molecule has 0 aliphatic carbocycles. The summed E-state index contributed by atoms with van der Waals surface area (Å²) in [6, 6.07) is 4.77. The summed E-state index contributed by atoms with van der Waals surface area (Å²) >= 11 is 0. The van der Waals surface area contributed by atoms with Gasteiger partial charge in [0.2, 0.25) is 5.91 Å². The van der Waals surface area contributed by atoms with Crippen LogP contribution in [-0.4, -0.2) is 31.7 Å². The molecule has 0 radical (unpaired) electrons. The van der Waals surface area contributed by atoms with Crippen LogP contribution in [0, 0.1) is 5.82 Å². The fourth-order valence-corrected chi connectivity index (χ4v) is 3.19. The Morgan fingerprint density at radius 2 is 2.09 bits per heavy atom. The van der Waals surface area contributed by atoms with E-state index in [9.17, 15) is 9.18 Å². The molecular weight excluding hydrogens is 283 g/mol. The van der Waals surface area contributed by atoms with Gasteiger partial charge in [-0.1, -0.05) is 0 Å². The molecule has 4 nitrogen and oxygen atoms in total. The van der Waals surface area contributed by atoms with Crippen molar-refractivity contribution in [3.63, 3.8) is 0 Å². The number of rotatable bonds is 5. The lowest BCUT2D eigenvalue weighted by Gasteiger charge is -2.19. The maximum absolute atomic E-state index is 13.8. The number of hydrogen-bond acceptors (Lipinski definition) is 3. The Labute approximate surface area is 130 Å². The topological polar surface area (TPSA) is 41.6 Å². The van der Waals surface area contributed by atoms with Crippen LogP contribution in [0.15, 0.2) is 18.2 Å². The lowest BCUT2D eigenvalue weighted by atomic mass is 10.1. The highest BCUT2D eigenvalue weighted by Gasteiger charge is 2.18. The second-order valence-corrected chi connectivity index (χ2v) is 6.11. The predicted octanol–water partition coefficient (Wildman–Crippen LogP) is 3.32. The van der Waals surface area contributed by atoms with Crippen LogP contribution >= 0.6 is 0 Å². The molecule has 1 atom stereocenters. The first-order chi connectivity index (χ1) is 10.7. The van der Waals surface area contributed by atoms with Crippen LogP contribution in [-0.2, 0) is 9.53 Å². The van der Waals surface area contributed by atoms with E-state index in [0.29, 0.717) is 12.1 Å². The van der Waals surface area contributed by atoms with Gasteiger partial charge in [-0.25, -0.2) is 4.39 Å². The van der Waals surface area contributed by atoms with E-state index in [1.165, 1.54) is 12.1 Å². The molecule has 0 aromatic heterocycles. The van der Waals surface area contributed by atoms with Crippen molar-refractivity contribution >= 4 is 17.3 Å². The van der Waals surface area contributed by atoms with Gasteiger partial charge in [0, 0.05) is 37.5 Å². The van der Waals surface area contributed by atoms with E-state index in [1.807, 2.05) is 6.07 Å². The van der Waals surface area contributed by atoms with Crippen LogP contribution in [0.2, 0.25) is 0 Å². The maximum atomic E-state index is 13.8. The van der Waals surface area contributed by atoms with Crippen molar-refractivity contribution in [2.75, 3.05) is 29.9 Å². The minimum Gasteiger partial charge on any atom is -0.378 e. The molecule has 2 fully saturated rings. The van der Waals surface area contributed by atoms with Gasteiger partial charge in [0.25, 0.3) is 0 Å². The number of anilines is 2. The molecule has 0 saturated carbocycles. The van der Waals surface area contributed by atoms with Gasteiger partial charge >= 0.3 is 0 Å². The molecule has 0 spiro atoms. The third-order valence-corrected chi connectivity index (χ3v) is 4.35. The number of carbonyl (C=O) groups excluding carboxylic acids is 1. The zero-order valence-corrected chi connectivity index (χ0v) is 12.8. The summed E-state index contributed by atoms with van der Waals surface area (Å²) in [5, 5.41) is 2.81. The first-order valence-corrected chi connectivity index (χ1v) is 8.18. The molecule has 1 N–H and O–H groups in total. The van der Waals surface area contributed by atoms with Gasteiger partial charge < -0.3 is 15.0 Å². The Bertz CT molecular complexity index is 523. The van der Waals surface area contributed by atoms with E-state index in [4.69, 9.17) is 4.74 Å². The molecule has 2 heterocycles. The van der Waals surface area contributed by atoms with Crippen LogP contribution in [0.5, 0.6) is 0 Å². The second kappa shape index (κ2) is 7.09. The van der Waals surface area contributed by atoms with E-state index in [1.54, 1.807) is 0 Å². The summed E-state index contributed by atoms with van der Waals surface area (Å²) in [4.78, 5) is 14.2. The number of ether oxygens (including phenoxy) is 1. The van der Waals surface area contributed by atoms with Crippen molar-refractivity contribution < 1.29 is 13.9 Å². The first kappa shape index (κ1) is 15.3. The zero-order valence-electron chi connectivity index (χ0n) is 12.8. The van der Waals surface area contributed by atoms with Gasteiger partial charge in [0.15, 0.2) is 0 Å². The average Bonchev–Trinajstić information content (AvgIpc) is 3.18. The van der Waals surface area contributed by atoms with E-state index in [0.717, 1.165) is 57.5 Å². The number of nitrogens with one attached hydrogen (secondary N) is 1. The predicted molar refractivity (Wildman–Crippen MR) is 84.7 cm³/mol. The Hall–Kier alpha value is -1.62. The number of hydrogen-bond donors (Lipinski definition) is 1. The van der Waals surface area contributed by atoms with Crippen molar-refractivity contribution in [3.8, 4) is 0 Å². The Balaban J connectivity index is 1.57. The number of benzene rings is 1. The average molecular weight is 306 g/mol. The second-order valence-electron chi connectivity index (χ2n) is 6.11. The number of carbonyl (C=O) groups is 1. The number of halogens is 1. The molecule has 2 aliphatic rings. The van der Waals surface area contributed by atoms with Crippen LogP contribution in [0.3, 0.4) is 0 Å². The van der Waals surface area contributed by atoms with Crippen molar-refractivity contribution in [2.24, 2.45) is 0 Å². The van der Waals surface area contributed by atoms with Gasteiger partial charge in [-0.3, -0.25) is 4.79 Å². The Morgan fingerprint density at radius 1 is 1.27 bits per heavy atom. The third kappa shape index (κ3) is 3.97. The van der Waals surface area contributed by atoms with Crippen LogP contribution in [0.4, 0.5) is 15.8 Å². The van der Waals surface area contributed by atoms with E-state index >= 15 is 0 Å². The highest BCUT2D eigenvalue weighted by Crippen LogP contribution is 2.25. The van der Waals surface area contributed by atoms with Crippen molar-refractivity contribution in [1.29, 1.82) is 0 Å².